The Hall–Kier alpha value is -3.16. The largest absolute Gasteiger partial charge is 0.363 e. The molecule has 1 aromatic carbocycles. The van der Waals surface area contributed by atoms with Gasteiger partial charge in [-0.3, -0.25) is 0 Å². The second-order valence-electron chi connectivity index (χ2n) is 4.46. The van der Waals surface area contributed by atoms with Gasteiger partial charge in [0.15, 0.2) is 5.82 Å². The molecule has 0 unspecified atom stereocenters. The fourth-order valence-corrected chi connectivity index (χ4v) is 2.13. The summed E-state index contributed by atoms with van der Waals surface area (Å²) in [4.78, 5) is 12.5. The van der Waals surface area contributed by atoms with Gasteiger partial charge in [0.1, 0.15) is 6.33 Å². The van der Waals surface area contributed by atoms with Gasteiger partial charge in [0.25, 0.3) is 0 Å². The minimum Gasteiger partial charge on any atom is -0.363 e. The molecule has 1 N–H and O–H groups in total. The summed E-state index contributed by atoms with van der Waals surface area (Å²) in [5.41, 5.74) is 3.24. The number of aromatic nitrogens is 7. The molecule has 21 heavy (non-hydrogen) atoms. The van der Waals surface area contributed by atoms with E-state index in [9.17, 15) is 0 Å². The standard InChI is InChI=1S/C13H10N8/c1-2-4-11-10(3-1)17-12(13-18-19-20-21(11)13)16-7-9-5-14-8-15-6-9/h1-6,8H,7H2,(H,16,17). The van der Waals surface area contributed by atoms with Crippen LogP contribution in [0.15, 0.2) is 43.0 Å². The van der Waals surface area contributed by atoms with Crippen LogP contribution < -0.4 is 5.32 Å². The predicted octanol–water partition coefficient (Wildman–Crippen LogP) is 1.07. The van der Waals surface area contributed by atoms with E-state index in [0.29, 0.717) is 18.0 Å². The van der Waals surface area contributed by atoms with Crippen molar-refractivity contribution in [2.75, 3.05) is 5.32 Å². The van der Waals surface area contributed by atoms with Crippen molar-refractivity contribution in [1.82, 2.24) is 35.0 Å². The second-order valence-corrected chi connectivity index (χ2v) is 4.46. The summed E-state index contributed by atoms with van der Waals surface area (Å²) < 4.78 is 1.67. The van der Waals surface area contributed by atoms with Gasteiger partial charge in [-0.05, 0) is 22.6 Å². The van der Waals surface area contributed by atoms with Crippen LogP contribution in [0.2, 0.25) is 0 Å². The van der Waals surface area contributed by atoms with Crippen molar-refractivity contribution < 1.29 is 0 Å². The summed E-state index contributed by atoms with van der Waals surface area (Å²) >= 11 is 0. The fourth-order valence-electron chi connectivity index (χ4n) is 2.13. The summed E-state index contributed by atoms with van der Waals surface area (Å²) in [6, 6.07) is 7.72. The number of benzene rings is 1. The molecular formula is C13H10N8. The maximum absolute atomic E-state index is 4.58. The van der Waals surface area contributed by atoms with Gasteiger partial charge in [-0.15, -0.1) is 5.10 Å². The molecule has 0 atom stereocenters. The van der Waals surface area contributed by atoms with Gasteiger partial charge in [-0.1, -0.05) is 12.1 Å². The van der Waals surface area contributed by atoms with Gasteiger partial charge in [0.05, 0.1) is 11.0 Å². The van der Waals surface area contributed by atoms with Gasteiger partial charge < -0.3 is 5.32 Å². The summed E-state index contributed by atoms with van der Waals surface area (Å²) in [5, 5.41) is 15.0. The van der Waals surface area contributed by atoms with Crippen molar-refractivity contribution in [1.29, 1.82) is 0 Å². The molecule has 3 aromatic heterocycles. The predicted molar refractivity (Wildman–Crippen MR) is 75.4 cm³/mol. The third kappa shape index (κ3) is 2.02. The lowest BCUT2D eigenvalue weighted by atomic mass is 10.3. The summed E-state index contributed by atoms with van der Waals surface area (Å²) in [6.45, 7) is 0.550. The maximum atomic E-state index is 4.58. The average molecular weight is 278 g/mol. The van der Waals surface area contributed by atoms with E-state index in [1.54, 1.807) is 16.9 Å². The number of tetrazole rings is 1. The van der Waals surface area contributed by atoms with E-state index in [1.165, 1.54) is 6.33 Å². The first-order chi connectivity index (χ1) is 10.4. The Balaban J connectivity index is 1.78. The Morgan fingerprint density at radius 2 is 1.95 bits per heavy atom. The quantitative estimate of drug-likeness (QED) is 0.599. The van der Waals surface area contributed by atoms with Crippen molar-refractivity contribution in [2.45, 2.75) is 6.54 Å². The molecule has 0 spiro atoms. The van der Waals surface area contributed by atoms with Crippen LogP contribution in [0, 0.1) is 0 Å². The van der Waals surface area contributed by atoms with Crippen LogP contribution in [0.5, 0.6) is 0 Å². The molecule has 0 saturated heterocycles. The highest BCUT2D eigenvalue weighted by Crippen LogP contribution is 2.19. The smallest absolute Gasteiger partial charge is 0.222 e. The molecule has 0 aliphatic rings. The van der Waals surface area contributed by atoms with Crippen molar-refractivity contribution in [3.63, 3.8) is 0 Å². The molecule has 4 aromatic rings. The van der Waals surface area contributed by atoms with Gasteiger partial charge in [0.2, 0.25) is 5.65 Å². The molecule has 0 aliphatic carbocycles. The molecule has 4 rings (SSSR count). The normalized spacial score (nSPS) is 11.0. The Morgan fingerprint density at radius 3 is 2.86 bits per heavy atom. The number of para-hydroxylation sites is 2. The van der Waals surface area contributed by atoms with E-state index in [4.69, 9.17) is 0 Å². The zero-order valence-corrected chi connectivity index (χ0v) is 10.9. The first-order valence-electron chi connectivity index (χ1n) is 6.36. The molecule has 102 valence electrons. The van der Waals surface area contributed by atoms with Crippen LogP contribution in [0.25, 0.3) is 16.7 Å². The zero-order valence-electron chi connectivity index (χ0n) is 10.9. The Labute approximate surface area is 118 Å². The van der Waals surface area contributed by atoms with E-state index in [1.807, 2.05) is 24.3 Å². The van der Waals surface area contributed by atoms with Gasteiger partial charge in [-0.2, -0.15) is 4.52 Å². The first kappa shape index (κ1) is 11.6. The molecule has 0 bridgehead atoms. The highest BCUT2D eigenvalue weighted by Gasteiger charge is 2.10. The zero-order chi connectivity index (χ0) is 14.1. The van der Waals surface area contributed by atoms with E-state index in [0.717, 1.165) is 16.6 Å². The van der Waals surface area contributed by atoms with E-state index < -0.39 is 0 Å². The summed E-state index contributed by atoms with van der Waals surface area (Å²) in [5.74, 6) is 0.627. The van der Waals surface area contributed by atoms with Crippen LogP contribution in [-0.2, 0) is 6.54 Å². The first-order valence-corrected chi connectivity index (χ1v) is 6.36. The van der Waals surface area contributed by atoms with Crippen LogP contribution in [0.1, 0.15) is 5.56 Å². The van der Waals surface area contributed by atoms with Crippen molar-refractivity contribution in [3.05, 3.63) is 48.5 Å². The van der Waals surface area contributed by atoms with Crippen LogP contribution in [0.3, 0.4) is 0 Å². The minimum absolute atomic E-state index is 0.550. The lowest BCUT2D eigenvalue weighted by Crippen LogP contribution is -2.05. The van der Waals surface area contributed by atoms with Gasteiger partial charge in [0, 0.05) is 24.5 Å². The van der Waals surface area contributed by atoms with E-state index in [-0.39, 0.29) is 0 Å². The molecule has 8 nitrogen and oxygen atoms in total. The third-order valence-electron chi connectivity index (χ3n) is 3.10. The SMILES string of the molecule is c1ccc2c(c1)nc(NCc1cncnc1)c1nnnn12. The number of anilines is 1. The fraction of sp³-hybridized carbons (Fsp3) is 0.0769. The van der Waals surface area contributed by atoms with Crippen molar-refractivity contribution in [3.8, 4) is 0 Å². The van der Waals surface area contributed by atoms with Crippen LogP contribution in [-0.4, -0.2) is 35.0 Å². The highest BCUT2D eigenvalue weighted by molar-refractivity contribution is 5.81. The second kappa shape index (κ2) is 4.75. The summed E-state index contributed by atoms with van der Waals surface area (Å²) in [7, 11) is 0. The van der Waals surface area contributed by atoms with Crippen molar-refractivity contribution >= 4 is 22.5 Å². The lowest BCUT2D eigenvalue weighted by molar-refractivity contribution is 0.840. The minimum atomic E-state index is 0.550. The lowest BCUT2D eigenvalue weighted by Gasteiger charge is -2.07. The average Bonchev–Trinajstić information content (AvgIpc) is 3.04. The molecule has 0 saturated carbocycles. The van der Waals surface area contributed by atoms with Gasteiger partial charge >= 0.3 is 0 Å². The van der Waals surface area contributed by atoms with E-state index in [2.05, 4.69) is 35.8 Å². The monoisotopic (exact) mass is 278 g/mol. The van der Waals surface area contributed by atoms with Crippen LogP contribution in [0.4, 0.5) is 5.82 Å². The number of fused-ring (bicyclic) bond motifs is 3. The van der Waals surface area contributed by atoms with Gasteiger partial charge in [-0.25, -0.2) is 15.0 Å². The Bertz CT molecular complexity index is 902. The molecule has 0 radical (unpaired) electrons. The van der Waals surface area contributed by atoms with E-state index >= 15 is 0 Å². The number of nitrogens with one attached hydrogen (secondary N) is 1. The topological polar surface area (TPSA) is 93.8 Å². The Morgan fingerprint density at radius 1 is 1.10 bits per heavy atom. The number of hydrogen-bond donors (Lipinski definition) is 1. The highest BCUT2D eigenvalue weighted by atomic mass is 15.5. The molecule has 8 heteroatoms. The number of rotatable bonds is 3. The molecule has 0 amide bonds. The van der Waals surface area contributed by atoms with Crippen molar-refractivity contribution in [2.24, 2.45) is 0 Å². The maximum Gasteiger partial charge on any atom is 0.222 e. The van der Waals surface area contributed by atoms with Crippen LogP contribution >= 0.6 is 0 Å². The third-order valence-corrected chi connectivity index (χ3v) is 3.10. The number of nitrogens with zero attached hydrogens (tertiary/aromatic N) is 7. The Kier molecular flexibility index (Phi) is 2.63. The summed E-state index contributed by atoms with van der Waals surface area (Å²) in [6.07, 6.45) is 5.00. The molecule has 0 aliphatic heterocycles. The molecular weight excluding hydrogens is 268 g/mol. The molecule has 3 heterocycles. The number of hydrogen-bond acceptors (Lipinski definition) is 7. The molecule has 0 fully saturated rings.